The number of hydrogen-bond donors (Lipinski definition) is 1. The van der Waals surface area contributed by atoms with E-state index in [2.05, 4.69) is 32.5 Å². The van der Waals surface area contributed by atoms with Gasteiger partial charge in [0.05, 0.1) is 6.54 Å². The maximum atomic E-state index is 12.1. The highest BCUT2D eigenvalue weighted by Crippen LogP contribution is 2.23. The summed E-state index contributed by atoms with van der Waals surface area (Å²) in [7, 11) is 0. The molecule has 1 fully saturated rings. The van der Waals surface area contributed by atoms with Gasteiger partial charge in [-0.15, -0.1) is 0 Å². The largest absolute Gasteiger partial charge is 0.372 e. The molecule has 0 unspecified atom stereocenters. The first-order chi connectivity index (χ1) is 13.3. The van der Waals surface area contributed by atoms with Crippen LogP contribution in [0.25, 0.3) is 11.4 Å². The molecule has 1 aliphatic rings. The number of piperidine rings is 1. The molecule has 2 heterocycles. The van der Waals surface area contributed by atoms with Crippen LogP contribution >= 0.6 is 0 Å². The molecule has 1 amide bonds. The van der Waals surface area contributed by atoms with Gasteiger partial charge in [-0.3, -0.25) is 4.79 Å². The summed E-state index contributed by atoms with van der Waals surface area (Å²) in [6.45, 7) is 2.44. The number of nitrogens with one attached hydrogen (secondary N) is 1. The zero-order valence-corrected chi connectivity index (χ0v) is 15.1. The lowest BCUT2D eigenvalue weighted by molar-refractivity contribution is 0.0946. The van der Waals surface area contributed by atoms with Crippen molar-refractivity contribution in [2.75, 3.05) is 18.0 Å². The van der Waals surface area contributed by atoms with E-state index in [1.54, 1.807) is 12.1 Å². The molecule has 0 spiro atoms. The maximum absolute atomic E-state index is 12.1. The van der Waals surface area contributed by atoms with E-state index >= 15 is 0 Å². The first-order valence-electron chi connectivity index (χ1n) is 9.31. The Morgan fingerprint density at radius 2 is 1.74 bits per heavy atom. The molecule has 4 rings (SSSR count). The lowest BCUT2D eigenvalue weighted by Crippen LogP contribution is -2.29. The fraction of sp³-hybridized carbons (Fsp3) is 0.286. The van der Waals surface area contributed by atoms with Crippen molar-refractivity contribution in [2.45, 2.75) is 25.8 Å². The molecule has 0 atom stereocenters. The SMILES string of the molecule is O=C(NCc1nc(-c2ccc(N3CCCCC3)cc2)no1)c1ccccc1. The van der Waals surface area contributed by atoms with E-state index in [1.807, 2.05) is 30.3 Å². The Kier molecular flexibility index (Phi) is 5.14. The van der Waals surface area contributed by atoms with Crippen molar-refractivity contribution in [1.29, 1.82) is 0 Å². The van der Waals surface area contributed by atoms with E-state index in [0.717, 1.165) is 18.7 Å². The van der Waals surface area contributed by atoms with E-state index in [1.165, 1.54) is 24.9 Å². The van der Waals surface area contributed by atoms with Gasteiger partial charge in [0.1, 0.15) is 0 Å². The number of benzene rings is 2. The van der Waals surface area contributed by atoms with Crippen LogP contribution in [0.4, 0.5) is 5.69 Å². The van der Waals surface area contributed by atoms with E-state index in [4.69, 9.17) is 4.52 Å². The van der Waals surface area contributed by atoms with Gasteiger partial charge < -0.3 is 14.7 Å². The second-order valence-electron chi connectivity index (χ2n) is 6.66. The predicted molar refractivity (Wildman–Crippen MR) is 103 cm³/mol. The summed E-state index contributed by atoms with van der Waals surface area (Å²) in [5, 5.41) is 6.82. The summed E-state index contributed by atoms with van der Waals surface area (Å²) in [5.41, 5.74) is 2.74. The standard InChI is InChI=1S/C21H22N4O2/c26-21(17-7-3-1-4-8-17)22-15-19-23-20(24-27-19)16-9-11-18(12-10-16)25-13-5-2-6-14-25/h1,3-4,7-12H,2,5-6,13-15H2,(H,22,26). The van der Waals surface area contributed by atoms with Crippen molar-refractivity contribution < 1.29 is 9.32 Å². The van der Waals surface area contributed by atoms with E-state index in [-0.39, 0.29) is 12.5 Å². The van der Waals surface area contributed by atoms with Crippen LogP contribution in [0.1, 0.15) is 35.5 Å². The third kappa shape index (κ3) is 4.16. The fourth-order valence-electron chi connectivity index (χ4n) is 3.26. The number of carbonyl (C=O) groups is 1. The molecule has 0 bridgehead atoms. The van der Waals surface area contributed by atoms with Crippen molar-refractivity contribution in [1.82, 2.24) is 15.5 Å². The average molecular weight is 362 g/mol. The first kappa shape index (κ1) is 17.3. The zero-order valence-electron chi connectivity index (χ0n) is 15.1. The topological polar surface area (TPSA) is 71.3 Å². The molecule has 3 aromatic rings. The first-order valence-corrected chi connectivity index (χ1v) is 9.31. The van der Waals surface area contributed by atoms with Crippen LogP contribution in [-0.4, -0.2) is 29.1 Å². The lowest BCUT2D eigenvalue weighted by atomic mass is 10.1. The summed E-state index contributed by atoms with van der Waals surface area (Å²) in [6.07, 6.45) is 3.83. The van der Waals surface area contributed by atoms with Crippen LogP contribution in [0.3, 0.4) is 0 Å². The molecule has 6 nitrogen and oxygen atoms in total. The van der Waals surface area contributed by atoms with Crippen LogP contribution in [0.15, 0.2) is 59.1 Å². The maximum Gasteiger partial charge on any atom is 0.251 e. The van der Waals surface area contributed by atoms with Crippen LogP contribution in [0, 0.1) is 0 Å². The summed E-state index contributed by atoms with van der Waals surface area (Å²) < 4.78 is 5.27. The van der Waals surface area contributed by atoms with Crippen molar-refractivity contribution in [2.24, 2.45) is 0 Å². The smallest absolute Gasteiger partial charge is 0.251 e. The second-order valence-corrected chi connectivity index (χ2v) is 6.66. The third-order valence-corrected chi connectivity index (χ3v) is 4.75. The summed E-state index contributed by atoms with van der Waals surface area (Å²) in [5.74, 6) is 0.750. The molecule has 138 valence electrons. The van der Waals surface area contributed by atoms with Gasteiger partial charge in [0.15, 0.2) is 0 Å². The Bertz CT molecular complexity index is 884. The number of anilines is 1. The Morgan fingerprint density at radius 1 is 1.00 bits per heavy atom. The third-order valence-electron chi connectivity index (χ3n) is 4.75. The molecule has 0 saturated carbocycles. The Balaban J connectivity index is 1.38. The van der Waals surface area contributed by atoms with Gasteiger partial charge in [-0.25, -0.2) is 0 Å². The highest BCUT2D eigenvalue weighted by molar-refractivity contribution is 5.93. The van der Waals surface area contributed by atoms with E-state index in [9.17, 15) is 4.79 Å². The molecule has 1 aromatic heterocycles. The monoisotopic (exact) mass is 362 g/mol. The van der Waals surface area contributed by atoms with E-state index < -0.39 is 0 Å². The van der Waals surface area contributed by atoms with Gasteiger partial charge in [0.25, 0.3) is 5.91 Å². The van der Waals surface area contributed by atoms with Crippen LogP contribution in [0.2, 0.25) is 0 Å². The van der Waals surface area contributed by atoms with Gasteiger partial charge >= 0.3 is 0 Å². The number of rotatable bonds is 5. The summed E-state index contributed by atoms with van der Waals surface area (Å²) in [6, 6.07) is 17.3. The number of amides is 1. The van der Waals surface area contributed by atoms with Crippen LogP contribution in [0.5, 0.6) is 0 Å². The van der Waals surface area contributed by atoms with Gasteiger partial charge in [-0.05, 0) is 55.7 Å². The Morgan fingerprint density at radius 3 is 2.48 bits per heavy atom. The molecule has 0 aliphatic carbocycles. The number of hydrogen-bond acceptors (Lipinski definition) is 5. The number of nitrogens with zero attached hydrogens (tertiary/aromatic N) is 3. The minimum absolute atomic E-state index is 0.166. The molecular weight excluding hydrogens is 340 g/mol. The van der Waals surface area contributed by atoms with Crippen molar-refractivity contribution in [3.05, 3.63) is 66.1 Å². The molecule has 6 heteroatoms. The quantitative estimate of drug-likeness (QED) is 0.750. The van der Waals surface area contributed by atoms with Crippen molar-refractivity contribution >= 4 is 11.6 Å². The normalized spacial score (nSPS) is 14.1. The van der Waals surface area contributed by atoms with Crippen molar-refractivity contribution in [3.8, 4) is 11.4 Å². The highest BCUT2D eigenvalue weighted by atomic mass is 16.5. The molecule has 1 aliphatic heterocycles. The molecular formula is C21H22N4O2. The summed E-state index contributed by atoms with van der Waals surface area (Å²) >= 11 is 0. The van der Waals surface area contributed by atoms with Crippen LogP contribution in [-0.2, 0) is 6.54 Å². The van der Waals surface area contributed by atoms with Gasteiger partial charge in [0.2, 0.25) is 11.7 Å². The Labute approximate surface area is 158 Å². The molecule has 2 aromatic carbocycles. The van der Waals surface area contributed by atoms with E-state index in [0.29, 0.717) is 17.3 Å². The lowest BCUT2D eigenvalue weighted by Gasteiger charge is -2.28. The van der Waals surface area contributed by atoms with Gasteiger partial charge in [0, 0.05) is 29.9 Å². The number of carbonyl (C=O) groups excluding carboxylic acids is 1. The van der Waals surface area contributed by atoms with Gasteiger partial charge in [-0.2, -0.15) is 4.98 Å². The Hall–Kier alpha value is -3.15. The fourth-order valence-corrected chi connectivity index (χ4v) is 3.26. The molecule has 1 saturated heterocycles. The minimum atomic E-state index is -0.166. The number of aromatic nitrogens is 2. The molecule has 27 heavy (non-hydrogen) atoms. The zero-order chi connectivity index (χ0) is 18.5. The second kappa shape index (κ2) is 8.03. The highest BCUT2D eigenvalue weighted by Gasteiger charge is 2.13. The average Bonchev–Trinajstić information content (AvgIpc) is 3.22. The summed E-state index contributed by atoms with van der Waals surface area (Å²) in [4.78, 5) is 18.9. The predicted octanol–water partition coefficient (Wildman–Crippen LogP) is 3.66. The van der Waals surface area contributed by atoms with Crippen LogP contribution < -0.4 is 10.2 Å². The minimum Gasteiger partial charge on any atom is -0.372 e. The molecule has 0 radical (unpaired) electrons. The van der Waals surface area contributed by atoms with Gasteiger partial charge in [-0.1, -0.05) is 23.4 Å². The molecule has 1 N–H and O–H groups in total. The van der Waals surface area contributed by atoms with Crippen molar-refractivity contribution in [3.63, 3.8) is 0 Å².